The van der Waals surface area contributed by atoms with Gasteiger partial charge in [-0.15, -0.1) is 0 Å². The van der Waals surface area contributed by atoms with Crippen LogP contribution in [0.2, 0.25) is 10.0 Å². The maximum atomic E-state index is 12.0. The van der Waals surface area contributed by atoms with Crippen molar-refractivity contribution in [3.05, 3.63) is 33.8 Å². The first kappa shape index (κ1) is 15.4. The molecule has 0 bridgehead atoms. The molecule has 0 spiro atoms. The van der Waals surface area contributed by atoms with Crippen LogP contribution in [0.3, 0.4) is 0 Å². The Labute approximate surface area is 117 Å². The fourth-order valence-electron chi connectivity index (χ4n) is 1.47. The van der Waals surface area contributed by atoms with E-state index in [0.29, 0.717) is 23.3 Å². The molecule has 1 aromatic carbocycles. The quantitative estimate of drug-likeness (QED) is 0.721. The van der Waals surface area contributed by atoms with Gasteiger partial charge in [0.1, 0.15) is 0 Å². The van der Waals surface area contributed by atoms with Crippen LogP contribution in [0, 0.1) is 0 Å². The largest absolute Gasteiger partial charge is 0.346 e. The maximum Gasteiger partial charge on any atom is 0.218 e. The standard InChI is InChI=1S/C13H16Cl2O3/c1-3-17-13(18-4-2)12(16)8-9-5-6-10(14)11(15)7-9/h5-7,13H,3-4,8H2,1-2H3. The minimum absolute atomic E-state index is 0.128. The predicted molar refractivity (Wildman–Crippen MR) is 72.2 cm³/mol. The van der Waals surface area contributed by atoms with E-state index in [9.17, 15) is 4.79 Å². The van der Waals surface area contributed by atoms with Gasteiger partial charge in [0.2, 0.25) is 6.29 Å². The smallest absolute Gasteiger partial charge is 0.218 e. The predicted octanol–water partition coefficient (Wildman–Crippen LogP) is 3.50. The highest BCUT2D eigenvalue weighted by Gasteiger charge is 2.19. The van der Waals surface area contributed by atoms with E-state index in [1.165, 1.54) is 0 Å². The van der Waals surface area contributed by atoms with Crippen LogP contribution in [0.5, 0.6) is 0 Å². The molecule has 5 heteroatoms. The molecular formula is C13H16Cl2O3. The zero-order chi connectivity index (χ0) is 13.5. The van der Waals surface area contributed by atoms with E-state index in [2.05, 4.69) is 0 Å². The van der Waals surface area contributed by atoms with Crippen LogP contribution in [0.1, 0.15) is 19.4 Å². The van der Waals surface area contributed by atoms with Crippen molar-refractivity contribution in [2.75, 3.05) is 13.2 Å². The Kier molecular flexibility index (Phi) is 6.65. The summed E-state index contributed by atoms with van der Waals surface area (Å²) in [7, 11) is 0. The molecule has 0 aliphatic heterocycles. The van der Waals surface area contributed by atoms with Gasteiger partial charge in [-0.05, 0) is 31.5 Å². The van der Waals surface area contributed by atoms with Gasteiger partial charge in [-0.1, -0.05) is 29.3 Å². The summed E-state index contributed by atoms with van der Waals surface area (Å²) in [5.41, 5.74) is 0.791. The third kappa shape index (κ3) is 4.58. The van der Waals surface area contributed by atoms with E-state index < -0.39 is 6.29 Å². The first-order chi connectivity index (χ1) is 8.58. The van der Waals surface area contributed by atoms with Crippen molar-refractivity contribution < 1.29 is 14.3 Å². The van der Waals surface area contributed by atoms with Gasteiger partial charge >= 0.3 is 0 Å². The van der Waals surface area contributed by atoms with Crippen LogP contribution in [-0.2, 0) is 20.7 Å². The number of rotatable bonds is 7. The number of Topliss-reactive ketones (excluding diaryl/α,β-unsaturated/α-hetero) is 1. The van der Waals surface area contributed by atoms with E-state index in [1.54, 1.807) is 18.2 Å². The monoisotopic (exact) mass is 290 g/mol. The fourth-order valence-corrected chi connectivity index (χ4v) is 1.79. The fraction of sp³-hybridized carbons (Fsp3) is 0.462. The van der Waals surface area contributed by atoms with Crippen LogP contribution >= 0.6 is 23.2 Å². The molecule has 18 heavy (non-hydrogen) atoms. The summed E-state index contributed by atoms with van der Waals surface area (Å²) in [5, 5.41) is 0.908. The Bertz CT molecular complexity index is 401. The van der Waals surface area contributed by atoms with Gasteiger partial charge in [-0.3, -0.25) is 4.79 Å². The molecule has 0 amide bonds. The highest BCUT2D eigenvalue weighted by molar-refractivity contribution is 6.42. The van der Waals surface area contributed by atoms with E-state index in [1.807, 2.05) is 13.8 Å². The number of ether oxygens (including phenoxy) is 2. The summed E-state index contributed by atoms with van der Waals surface area (Å²) in [4.78, 5) is 12.0. The van der Waals surface area contributed by atoms with Crippen molar-refractivity contribution in [1.29, 1.82) is 0 Å². The maximum absolute atomic E-state index is 12.0. The molecule has 0 radical (unpaired) electrons. The second kappa shape index (κ2) is 7.74. The van der Waals surface area contributed by atoms with Crippen molar-refractivity contribution >= 4 is 29.0 Å². The van der Waals surface area contributed by atoms with Crippen molar-refractivity contribution in [1.82, 2.24) is 0 Å². The summed E-state index contributed by atoms with van der Waals surface area (Å²) >= 11 is 11.7. The lowest BCUT2D eigenvalue weighted by atomic mass is 10.1. The minimum atomic E-state index is -0.811. The van der Waals surface area contributed by atoms with Gasteiger partial charge in [0, 0.05) is 19.6 Å². The van der Waals surface area contributed by atoms with Gasteiger partial charge in [0.15, 0.2) is 5.78 Å². The number of benzene rings is 1. The zero-order valence-corrected chi connectivity index (χ0v) is 11.9. The number of carbonyl (C=O) groups is 1. The average Bonchev–Trinajstić information content (AvgIpc) is 2.33. The summed E-state index contributed by atoms with van der Waals surface area (Å²) in [6.45, 7) is 4.49. The summed E-state index contributed by atoms with van der Waals surface area (Å²) < 4.78 is 10.5. The molecule has 0 heterocycles. The molecule has 0 aliphatic rings. The van der Waals surface area contributed by atoms with E-state index in [4.69, 9.17) is 32.7 Å². The number of carbonyl (C=O) groups excluding carboxylic acids is 1. The molecule has 0 aromatic heterocycles. The third-order valence-corrected chi connectivity index (χ3v) is 3.00. The van der Waals surface area contributed by atoms with Crippen molar-refractivity contribution in [2.45, 2.75) is 26.6 Å². The first-order valence-corrected chi connectivity index (χ1v) is 6.53. The van der Waals surface area contributed by atoms with Gasteiger partial charge in [-0.25, -0.2) is 0 Å². The highest BCUT2D eigenvalue weighted by Crippen LogP contribution is 2.23. The minimum Gasteiger partial charge on any atom is -0.346 e. The molecule has 100 valence electrons. The van der Waals surface area contributed by atoms with E-state index >= 15 is 0 Å². The Morgan fingerprint density at radius 3 is 2.28 bits per heavy atom. The SMILES string of the molecule is CCOC(OCC)C(=O)Cc1ccc(Cl)c(Cl)c1. The number of halogens is 2. The molecule has 1 rings (SSSR count). The average molecular weight is 291 g/mol. The molecule has 3 nitrogen and oxygen atoms in total. The summed E-state index contributed by atoms with van der Waals surface area (Å²) in [5.74, 6) is -0.128. The van der Waals surface area contributed by atoms with Gasteiger partial charge in [-0.2, -0.15) is 0 Å². The van der Waals surface area contributed by atoms with Gasteiger partial charge < -0.3 is 9.47 Å². The lowest BCUT2D eigenvalue weighted by Crippen LogP contribution is -2.29. The molecule has 0 atom stereocenters. The topological polar surface area (TPSA) is 35.5 Å². The summed E-state index contributed by atoms with van der Waals surface area (Å²) in [6, 6.07) is 5.11. The molecule has 0 saturated carbocycles. The van der Waals surface area contributed by atoms with Crippen LogP contribution < -0.4 is 0 Å². The van der Waals surface area contributed by atoms with Gasteiger partial charge in [0.05, 0.1) is 10.0 Å². The number of hydrogen-bond donors (Lipinski definition) is 0. The van der Waals surface area contributed by atoms with Crippen molar-refractivity contribution in [2.24, 2.45) is 0 Å². The number of hydrogen-bond acceptors (Lipinski definition) is 3. The molecule has 0 N–H and O–H groups in total. The van der Waals surface area contributed by atoms with Crippen LogP contribution in [0.25, 0.3) is 0 Å². The zero-order valence-electron chi connectivity index (χ0n) is 10.4. The van der Waals surface area contributed by atoms with Gasteiger partial charge in [0.25, 0.3) is 0 Å². The van der Waals surface area contributed by atoms with E-state index in [-0.39, 0.29) is 12.2 Å². The van der Waals surface area contributed by atoms with Crippen LogP contribution in [0.4, 0.5) is 0 Å². The molecule has 0 saturated heterocycles. The summed E-state index contributed by atoms with van der Waals surface area (Å²) in [6.07, 6.45) is -0.601. The Morgan fingerprint density at radius 1 is 1.17 bits per heavy atom. The third-order valence-electron chi connectivity index (χ3n) is 2.26. The number of ketones is 1. The van der Waals surface area contributed by atoms with Crippen molar-refractivity contribution in [3.63, 3.8) is 0 Å². The Morgan fingerprint density at radius 2 is 1.78 bits per heavy atom. The Hall–Kier alpha value is -0.610. The second-order valence-corrected chi connectivity index (χ2v) is 4.45. The highest BCUT2D eigenvalue weighted by atomic mass is 35.5. The normalized spacial score (nSPS) is 10.9. The molecule has 0 fully saturated rings. The molecule has 0 aliphatic carbocycles. The lowest BCUT2D eigenvalue weighted by Gasteiger charge is -2.15. The second-order valence-electron chi connectivity index (χ2n) is 3.63. The Balaban J connectivity index is 2.69. The molecule has 0 unspecified atom stereocenters. The first-order valence-electron chi connectivity index (χ1n) is 5.78. The van der Waals surface area contributed by atoms with Crippen molar-refractivity contribution in [3.8, 4) is 0 Å². The van der Waals surface area contributed by atoms with Crippen LogP contribution in [-0.4, -0.2) is 25.3 Å². The molecule has 1 aromatic rings. The van der Waals surface area contributed by atoms with Crippen LogP contribution in [0.15, 0.2) is 18.2 Å². The lowest BCUT2D eigenvalue weighted by molar-refractivity contribution is -0.167. The molecular weight excluding hydrogens is 275 g/mol. The van der Waals surface area contributed by atoms with E-state index in [0.717, 1.165) is 5.56 Å².